The van der Waals surface area contributed by atoms with Gasteiger partial charge in [-0.1, -0.05) is 78.9 Å². The van der Waals surface area contributed by atoms with Crippen LogP contribution < -0.4 is 15.9 Å². The van der Waals surface area contributed by atoms with Gasteiger partial charge in [-0.3, -0.25) is 4.57 Å². The Balaban J connectivity index is 1.21. The molecule has 0 fully saturated rings. The molecule has 0 spiro atoms. The van der Waals surface area contributed by atoms with Crippen LogP contribution in [0, 0.1) is 0 Å². The molecule has 0 radical (unpaired) electrons. The molecule has 10 aromatic rings. The van der Waals surface area contributed by atoms with Gasteiger partial charge in [0.15, 0.2) is 13.0 Å². The van der Waals surface area contributed by atoms with Crippen molar-refractivity contribution in [3.8, 4) is 34.4 Å². The second-order valence-electron chi connectivity index (χ2n) is 12.8. The monoisotopic (exact) mass is 688 g/mol. The van der Waals surface area contributed by atoms with Gasteiger partial charge >= 0.3 is 0 Å². The van der Waals surface area contributed by atoms with Crippen LogP contribution in [0.5, 0.6) is 0 Å². The minimum Gasteiger partial charge on any atom is -0.309 e. The minimum absolute atomic E-state index is 0.370. The number of para-hydroxylation sites is 1. The molecule has 7 heterocycles. The van der Waals surface area contributed by atoms with Crippen molar-refractivity contribution in [3.05, 3.63) is 152 Å². The molecule has 10 heteroatoms. The summed E-state index contributed by atoms with van der Waals surface area (Å²) in [4.78, 5) is 29.8. The highest BCUT2D eigenvalue weighted by Crippen LogP contribution is 2.52. The van der Waals surface area contributed by atoms with Crippen molar-refractivity contribution < 1.29 is 4.57 Å². The average Bonchev–Trinajstić information content (AvgIpc) is 3.82. The van der Waals surface area contributed by atoms with Crippen molar-refractivity contribution in [2.45, 2.75) is 0 Å². The summed E-state index contributed by atoms with van der Waals surface area (Å²) in [6, 6.07) is 43.8. The highest BCUT2D eigenvalue weighted by atomic mass is 31.2. The summed E-state index contributed by atoms with van der Waals surface area (Å²) in [5.41, 5.74) is 5.64. The number of rotatable bonds is 4. The molecule has 4 aromatic carbocycles. The molecule has 0 N–H and O–H groups in total. The molecule has 0 bridgehead atoms. The Hall–Kier alpha value is -6.83. The van der Waals surface area contributed by atoms with Crippen molar-refractivity contribution in [3.63, 3.8) is 0 Å². The van der Waals surface area contributed by atoms with Crippen molar-refractivity contribution in [1.29, 1.82) is 0 Å². The fourth-order valence-electron chi connectivity index (χ4n) is 7.73. The highest BCUT2D eigenvalue weighted by molar-refractivity contribution is 7.86. The lowest BCUT2D eigenvalue weighted by molar-refractivity contribution is 0.593. The lowest BCUT2D eigenvalue weighted by atomic mass is 10.0. The number of benzene rings is 4. The number of nitrogens with zero attached hydrogens (tertiary/aromatic N) is 8. The number of fused-ring (bicyclic) bond motifs is 9. The van der Waals surface area contributed by atoms with Gasteiger partial charge < -0.3 is 4.57 Å². The highest BCUT2D eigenvalue weighted by Gasteiger charge is 2.40. The molecular weight excluding hydrogens is 663 g/mol. The molecule has 1 aliphatic rings. The molecule has 1 aliphatic heterocycles. The third kappa shape index (κ3) is 3.96. The van der Waals surface area contributed by atoms with E-state index < -0.39 is 7.14 Å². The van der Waals surface area contributed by atoms with E-state index in [0.29, 0.717) is 29.0 Å². The summed E-state index contributed by atoms with van der Waals surface area (Å²) in [6.07, 6.45) is 5.31. The smallest absolute Gasteiger partial charge is 0.242 e. The van der Waals surface area contributed by atoms with E-state index in [-0.39, 0.29) is 0 Å². The zero-order valence-electron chi connectivity index (χ0n) is 27.4. The van der Waals surface area contributed by atoms with Crippen LogP contribution in [-0.2, 0) is 4.57 Å². The van der Waals surface area contributed by atoms with Gasteiger partial charge in [0, 0.05) is 61.6 Å². The standard InChI is InChI=1S/C42H25N8OP/c51-52(27-11-2-1-3-12-27)35-19-7-5-14-29(35)33-25-26(20-21-36(33)52)37-46-41(49-34-18-6-4-13-28(34)30-15-8-22-43-38(30)49)48-42(47-37)50-39-31(16-9-23-44-39)32-17-10-24-45-40(32)50/h1-25H. The molecule has 1 unspecified atom stereocenters. The maximum atomic E-state index is 15.2. The quantitative estimate of drug-likeness (QED) is 0.176. The third-order valence-corrected chi connectivity index (χ3v) is 13.1. The van der Waals surface area contributed by atoms with E-state index in [0.717, 1.165) is 65.3 Å². The summed E-state index contributed by atoms with van der Waals surface area (Å²) in [7, 11) is -3.11. The molecule has 1 atom stereocenters. The van der Waals surface area contributed by atoms with Gasteiger partial charge in [-0.2, -0.15) is 15.0 Å². The van der Waals surface area contributed by atoms with Crippen molar-refractivity contribution >= 4 is 67.1 Å². The normalized spacial score (nSPS) is 15.1. The van der Waals surface area contributed by atoms with E-state index in [9.17, 15) is 0 Å². The van der Waals surface area contributed by atoms with E-state index in [2.05, 4.69) is 24.3 Å². The maximum Gasteiger partial charge on any atom is 0.242 e. The number of hydrogen-bond donors (Lipinski definition) is 0. The first-order valence-corrected chi connectivity index (χ1v) is 18.6. The van der Waals surface area contributed by atoms with Crippen LogP contribution in [0.3, 0.4) is 0 Å². The van der Waals surface area contributed by atoms with E-state index in [1.807, 2.05) is 118 Å². The van der Waals surface area contributed by atoms with E-state index >= 15 is 4.57 Å². The van der Waals surface area contributed by atoms with E-state index in [1.165, 1.54) is 0 Å². The van der Waals surface area contributed by atoms with Crippen LogP contribution in [0.15, 0.2) is 152 Å². The van der Waals surface area contributed by atoms with Gasteiger partial charge in [-0.15, -0.1) is 0 Å². The first-order valence-electron chi connectivity index (χ1n) is 16.9. The predicted molar refractivity (Wildman–Crippen MR) is 206 cm³/mol. The summed E-state index contributed by atoms with van der Waals surface area (Å²) in [5, 5.41) is 6.37. The fourth-order valence-corrected chi connectivity index (χ4v) is 10.8. The zero-order valence-corrected chi connectivity index (χ0v) is 28.3. The van der Waals surface area contributed by atoms with Gasteiger partial charge in [0.05, 0.1) is 5.52 Å². The van der Waals surface area contributed by atoms with Crippen LogP contribution in [-0.4, -0.2) is 39.0 Å². The van der Waals surface area contributed by atoms with Gasteiger partial charge in [-0.05, 0) is 65.7 Å². The van der Waals surface area contributed by atoms with Crippen LogP contribution in [0.4, 0.5) is 0 Å². The SMILES string of the molecule is O=P1(c2ccccc2)c2ccccc2-c2cc(-c3nc(-n4c5ccccc5c5cccnc54)nc(-n4c5ncccc5c5cccnc54)n3)ccc21. The van der Waals surface area contributed by atoms with Crippen molar-refractivity contribution in [1.82, 2.24) is 39.0 Å². The summed E-state index contributed by atoms with van der Waals surface area (Å²) >= 11 is 0. The minimum atomic E-state index is -3.11. The van der Waals surface area contributed by atoms with E-state index in [1.54, 1.807) is 18.6 Å². The van der Waals surface area contributed by atoms with Crippen molar-refractivity contribution in [2.24, 2.45) is 0 Å². The Morgan fingerprint density at radius 2 is 1.02 bits per heavy atom. The Morgan fingerprint density at radius 3 is 1.75 bits per heavy atom. The summed E-state index contributed by atoms with van der Waals surface area (Å²) in [6.45, 7) is 0. The summed E-state index contributed by atoms with van der Waals surface area (Å²) < 4.78 is 19.0. The molecule has 0 saturated heterocycles. The molecule has 52 heavy (non-hydrogen) atoms. The molecular formula is C42H25N8OP. The lowest BCUT2D eigenvalue weighted by Crippen LogP contribution is -2.20. The second-order valence-corrected chi connectivity index (χ2v) is 15.5. The van der Waals surface area contributed by atoms with E-state index in [4.69, 9.17) is 29.9 Å². The molecule has 9 nitrogen and oxygen atoms in total. The predicted octanol–water partition coefficient (Wildman–Crippen LogP) is 7.54. The Kier molecular flexibility index (Phi) is 6.03. The van der Waals surface area contributed by atoms with Gasteiger partial charge in [0.1, 0.15) is 16.9 Å². The molecule has 244 valence electrons. The topological polar surface area (TPSA) is 104 Å². The van der Waals surface area contributed by atoms with Gasteiger partial charge in [0.25, 0.3) is 0 Å². The van der Waals surface area contributed by atoms with Crippen LogP contribution in [0.25, 0.3) is 78.4 Å². The maximum absolute atomic E-state index is 15.2. The molecule has 0 saturated carbocycles. The Morgan fingerprint density at radius 1 is 0.462 bits per heavy atom. The number of pyridine rings is 3. The Bertz CT molecular complexity index is 2890. The second kappa shape index (κ2) is 10.8. The fraction of sp³-hybridized carbons (Fsp3) is 0. The van der Waals surface area contributed by atoms with Crippen molar-refractivity contribution in [2.75, 3.05) is 0 Å². The zero-order chi connectivity index (χ0) is 34.4. The first kappa shape index (κ1) is 29.0. The third-order valence-electron chi connectivity index (χ3n) is 9.98. The van der Waals surface area contributed by atoms with Gasteiger partial charge in [-0.25, -0.2) is 19.5 Å². The lowest BCUT2D eigenvalue weighted by Gasteiger charge is -2.16. The van der Waals surface area contributed by atoms with Crippen LogP contribution in [0.1, 0.15) is 0 Å². The Labute approximate surface area is 296 Å². The van der Waals surface area contributed by atoms with Crippen LogP contribution in [0.2, 0.25) is 0 Å². The summed E-state index contributed by atoms with van der Waals surface area (Å²) in [5.74, 6) is 1.23. The van der Waals surface area contributed by atoms with Crippen LogP contribution >= 0.6 is 7.14 Å². The largest absolute Gasteiger partial charge is 0.309 e. The van der Waals surface area contributed by atoms with Gasteiger partial charge in [0.2, 0.25) is 11.9 Å². The molecule has 0 amide bonds. The number of hydrogen-bond acceptors (Lipinski definition) is 7. The first-order chi connectivity index (χ1) is 25.7. The molecule has 11 rings (SSSR count). The molecule has 6 aromatic heterocycles. The molecule has 0 aliphatic carbocycles. The number of aromatic nitrogens is 8. The average molecular weight is 689 g/mol.